The van der Waals surface area contributed by atoms with E-state index >= 15 is 0 Å². The minimum atomic E-state index is -0.173. The molecule has 0 unspecified atom stereocenters. The molecule has 0 aromatic carbocycles. The highest BCUT2D eigenvalue weighted by Crippen LogP contribution is 2.31. The minimum Gasteiger partial charge on any atom is -0.354 e. The molecule has 2 heterocycles. The molecule has 1 aromatic rings. The van der Waals surface area contributed by atoms with Gasteiger partial charge in [0, 0.05) is 0 Å². The van der Waals surface area contributed by atoms with Crippen molar-refractivity contribution < 1.29 is 9.59 Å². The summed E-state index contributed by atoms with van der Waals surface area (Å²) in [6.45, 7) is 1.80. The third-order valence-corrected chi connectivity index (χ3v) is 2.08. The van der Waals surface area contributed by atoms with E-state index in [0.29, 0.717) is 5.69 Å². The average Bonchev–Trinajstić information content (AvgIpc) is 2.55. The number of hydrogen-bond acceptors (Lipinski definition) is 2. The lowest BCUT2D eigenvalue weighted by molar-refractivity contribution is -0.116. The predicted molar refractivity (Wildman–Crippen MR) is 43.2 cm³/mol. The third-order valence-electron chi connectivity index (χ3n) is 2.08. The predicted octanol–water partition coefficient (Wildman–Crippen LogP) is 0.883. The number of fused-ring (bicyclic) bond motifs is 1. The molecule has 4 heteroatoms. The summed E-state index contributed by atoms with van der Waals surface area (Å²) in [4.78, 5) is 24.3. The second-order valence-electron chi connectivity index (χ2n) is 2.88. The van der Waals surface area contributed by atoms with Gasteiger partial charge >= 0.3 is 0 Å². The van der Waals surface area contributed by atoms with E-state index in [1.165, 1.54) is 0 Å². The van der Waals surface area contributed by atoms with Gasteiger partial charge in [-0.3, -0.25) is 9.59 Å². The Kier molecular flexibility index (Phi) is 1.30. The van der Waals surface area contributed by atoms with Gasteiger partial charge in [-0.15, -0.1) is 0 Å². The lowest BCUT2D eigenvalue weighted by atomic mass is 10.1. The van der Waals surface area contributed by atoms with Crippen LogP contribution < -0.4 is 5.32 Å². The normalized spacial score (nSPS) is 20.4. The SMILES string of the molecule is C[C@@H]1C(=O)Nc2cc(C=O)[nH]c21. The van der Waals surface area contributed by atoms with Crippen LogP contribution in [0.4, 0.5) is 5.69 Å². The topological polar surface area (TPSA) is 62.0 Å². The Labute approximate surface area is 69.0 Å². The van der Waals surface area contributed by atoms with Crippen LogP contribution in [0.2, 0.25) is 0 Å². The second kappa shape index (κ2) is 2.20. The molecular formula is C8H8N2O2. The van der Waals surface area contributed by atoms with E-state index in [9.17, 15) is 9.59 Å². The monoisotopic (exact) mass is 164 g/mol. The van der Waals surface area contributed by atoms with Gasteiger partial charge < -0.3 is 10.3 Å². The molecule has 2 rings (SSSR count). The molecule has 0 aliphatic carbocycles. The fraction of sp³-hybridized carbons (Fsp3) is 0.250. The summed E-state index contributed by atoms with van der Waals surface area (Å²) in [6, 6.07) is 1.64. The van der Waals surface area contributed by atoms with E-state index in [4.69, 9.17) is 0 Å². The van der Waals surface area contributed by atoms with E-state index in [1.54, 1.807) is 13.0 Å². The van der Waals surface area contributed by atoms with Gasteiger partial charge in [0.1, 0.15) is 0 Å². The van der Waals surface area contributed by atoms with Crippen LogP contribution in [0.1, 0.15) is 29.0 Å². The van der Waals surface area contributed by atoms with Crippen molar-refractivity contribution in [3.8, 4) is 0 Å². The summed E-state index contributed by atoms with van der Waals surface area (Å²) in [5.74, 6) is -0.192. The van der Waals surface area contributed by atoms with Crippen LogP contribution in [0.5, 0.6) is 0 Å². The van der Waals surface area contributed by atoms with Crippen LogP contribution >= 0.6 is 0 Å². The first-order valence-corrected chi connectivity index (χ1v) is 3.71. The van der Waals surface area contributed by atoms with Crippen molar-refractivity contribution in [3.63, 3.8) is 0 Å². The van der Waals surface area contributed by atoms with Crippen molar-refractivity contribution in [2.75, 3.05) is 5.32 Å². The zero-order chi connectivity index (χ0) is 8.72. The number of anilines is 1. The molecule has 1 aromatic heterocycles. The van der Waals surface area contributed by atoms with Gasteiger partial charge in [-0.05, 0) is 13.0 Å². The Morgan fingerprint density at radius 1 is 1.58 bits per heavy atom. The Balaban J connectivity index is 2.48. The summed E-state index contributed by atoms with van der Waals surface area (Å²) >= 11 is 0. The first-order chi connectivity index (χ1) is 5.72. The molecule has 62 valence electrons. The van der Waals surface area contributed by atoms with E-state index in [1.807, 2.05) is 0 Å². The molecule has 1 atom stereocenters. The zero-order valence-electron chi connectivity index (χ0n) is 6.55. The highest BCUT2D eigenvalue weighted by atomic mass is 16.2. The minimum absolute atomic E-state index is 0.0197. The Bertz CT molecular complexity index is 354. The Morgan fingerprint density at radius 2 is 2.33 bits per heavy atom. The van der Waals surface area contributed by atoms with Crippen molar-refractivity contribution in [2.45, 2.75) is 12.8 Å². The summed E-state index contributed by atoms with van der Waals surface area (Å²) in [5.41, 5.74) is 2.04. The van der Waals surface area contributed by atoms with Crippen molar-refractivity contribution in [3.05, 3.63) is 17.5 Å². The molecule has 0 bridgehead atoms. The smallest absolute Gasteiger partial charge is 0.233 e. The van der Waals surface area contributed by atoms with Crippen LogP contribution in [0.25, 0.3) is 0 Å². The molecule has 0 saturated carbocycles. The van der Waals surface area contributed by atoms with Crippen molar-refractivity contribution in [1.82, 2.24) is 4.98 Å². The quantitative estimate of drug-likeness (QED) is 0.605. The van der Waals surface area contributed by atoms with Crippen LogP contribution in [-0.2, 0) is 4.79 Å². The van der Waals surface area contributed by atoms with Gasteiger partial charge in [-0.2, -0.15) is 0 Å². The Morgan fingerprint density at radius 3 is 2.92 bits per heavy atom. The molecule has 0 radical (unpaired) electrons. The standard InChI is InChI=1S/C8H8N2O2/c1-4-7-6(10-8(4)12)2-5(3-11)9-7/h2-4,9H,1H3,(H,10,12)/t4-/m0/s1. The molecular weight excluding hydrogens is 156 g/mol. The number of carbonyl (C=O) groups is 2. The molecule has 12 heavy (non-hydrogen) atoms. The fourth-order valence-corrected chi connectivity index (χ4v) is 1.37. The van der Waals surface area contributed by atoms with Gasteiger partial charge in [-0.1, -0.05) is 0 Å². The van der Waals surface area contributed by atoms with Crippen molar-refractivity contribution >= 4 is 17.9 Å². The summed E-state index contributed by atoms with van der Waals surface area (Å²) < 4.78 is 0. The number of aromatic nitrogens is 1. The Hall–Kier alpha value is -1.58. The van der Waals surface area contributed by atoms with Gasteiger partial charge in [0.25, 0.3) is 0 Å². The van der Waals surface area contributed by atoms with E-state index < -0.39 is 0 Å². The summed E-state index contributed by atoms with van der Waals surface area (Å²) in [6.07, 6.45) is 0.733. The molecule has 4 nitrogen and oxygen atoms in total. The van der Waals surface area contributed by atoms with Crippen molar-refractivity contribution in [2.24, 2.45) is 0 Å². The number of H-pyrrole nitrogens is 1. The molecule has 0 spiro atoms. The lowest BCUT2D eigenvalue weighted by Gasteiger charge is -1.96. The number of nitrogens with one attached hydrogen (secondary N) is 2. The molecule has 1 aliphatic heterocycles. The number of carbonyl (C=O) groups excluding carboxylic acids is 2. The number of rotatable bonds is 1. The maximum absolute atomic E-state index is 11.1. The number of aldehydes is 1. The second-order valence-corrected chi connectivity index (χ2v) is 2.88. The number of aromatic amines is 1. The first-order valence-electron chi connectivity index (χ1n) is 3.71. The van der Waals surface area contributed by atoms with Crippen molar-refractivity contribution in [1.29, 1.82) is 0 Å². The van der Waals surface area contributed by atoms with Crippen LogP contribution in [-0.4, -0.2) is 17.2 Å². The van der Waals surface area contributed by atoms with Gasteiger partial charge in [-0.25, -0.2) is 0 Å². The summed E-state index contributed by atoms with van der Waals surface area (Å²) in [5, 5.41) is 2.67. The van der Waals surface area contributed by atoms with Gasteiger partial charge in [0.15, 0.2) is 6.29 Å². The fourth-order valence-electron chi connectivity index (χ4n) is 1.37. The molecule has 1 amide bonds. The largest absolute Gasteiger partial charge is 0.354 e. The highest BCUT2D eigenvalue weighted by molar-refractivity contribution is 6.03. The first kappa shape index (κ1) is 7.09. The molecule has 0 fully saturated rings. The number of hydrogen-bond donors (Lipinski definition) is 2. The lowest BCUT2D eigenvalue weighted by Crippen LogP contribution is -2.09. The van der Waals surface area contributed by atoms with E-state index in [2.05, 4.69) is 10.3 Å². The van der Waals surface area contributed by atoms with Crippen LogP contribution in [0.15, 0.2) is 6.07 Å². The maximum atomic E-state index is 11.1. The highest BCUT2D eigenvalue weighted by Gasteiger charge is 2.28. The van der Waals surface area contributed by atoms with Gasteiger partial charge in [0.2, 0.25) is 5.91 Å². The molecule has 0 saturated heterocycles. The molecule has 2 N–H and O–H groups in total. The van der Waals surface area contributed by atoms with Crippen LogP contribution in [0.3, 0.4) is 0 Å². The maximum Gasteiger partial charge on any atom is 0.233 e. The van der Waals surface area contributed by atoms with Gasteiger partial charge in [0.05, 0.1) is 23.0 Å². The zero-order valence-corrected chi connectivity index (χ0v) is 6.55. The van der Waals surface area contributed by atoms with E-state index in [-0.39, 0.29) is 11.8 Å². The molecule has 1 aliphatic rings. The van der Waals surface area contributed by atoms with Crippen LogP contribution in [0, 0.1) is 0 Å². The third kappa shape index (κ3) is 0.777. The van der Waals surface area contributed by atoms with E-state index in [0.717, 1.165) is 17.7 Å². The summed E-state index contributed by atoms with van der Waals surface area (Å²) in [7, 11) is 0. The average molecular weight is 164 g/mol. The number of amides is 1.